The Labute approximate surface area is 97.4 Å². The molecule has 0 aliphatic rings. The van der Waals surface area contributed by atoms with Crippen molar-refractivity contribution in [3.05, 3.63) is 35.4 Å². The van der Waals surface area contributed by atoms with E-state index in [9.17, 15) is 13.2 Å². The lowest BCUT2D eigenvalue weighted by Gasteiger charge is -2.13. The van der Waals surface area contributed by atoms with Gasteiger partial charge in [-0.2, -0.15) is 13.2 Å². The number of hydrogen-bond donors (Lipinski definition) is 2. The van der Waals surface area contributed by atoms with E-state index in [-0.39, 0.29) is 0 Å². The normalized spacial score (nSPS) is 12.8. The molecule has 0 saturated heterocycles. The minimum atomic E-state index is -4.45. The van der Waals surface area contributed by atoms with Crippen LogP contribution in [0.15, 0.2) is 24.3 Å². The van der Waals surface area contributed by atoms with Crippen molar-refractivity contribution in [3.63, 3.8) is 0 Å². The third kappa shape index (κ3) is 4.47. The van der Waals surface area contributed by atoms with Gasteiger partial charge in [0.15, 0.2) is 0 Å². The summed E-state index contributed by atoms with van der Waals surface area (Å²) in [6.07, 6.45) is -4.45. The molecule has 92 valence electrons. The van der Waals surface area contributed by atoms with E-state index >= 15 is 0 Å². The van der Waals surface area contributed by atoms with Crippen molar-refractivity contribution in [2.75, 3.05) is 6.54 Å². The maximum Gasteiger partial charge on any atom is 0.403 e. The van der Waals surface area contributed by atoms with Gasteiger partial charge in [0.05, 0.1) is 0 Å². The molecule has 1 aromatic rings. The van der Waals surface area contributed by atoms with Crippen molar-refractivity contribution in [2.24, 2.45) is 5.92 Å². The summed E-state index contributed by atoms with van der Waals surface area (Å²) in [7, 11) is 0. The highest BCUT2D eigenvalue weighted by Gasteiger charge is 2.38. The summed E-state index contributed by atoms with van der Waals surface area (Å²) >= 11 is 0. The number of alkyl halides is 3. The number of halogens is 3. The van der Waals surface area contributed by atoms with Crippen LogP contribution in [0.1, 0.15) is 11.1 Å². The van der Waals surface area contributed by atoms with Gasteiger partial charge in [0, 0.05) is 12.1 Å². The van der Waals surface area contributed by atoms with Gasteiger partial charge in [-0.3, -0.25) is 0 Å². The van der Waals surface area contributed by atoms with Gasteiger partial charge in [-0.15, -0.1) is 0 Å². The maximum absolute atomic E-state index is 12.4. The minimum absolute atomic E-state index is 0.516. The lowest BCUT2D eigenvalue weighted by molar-refractivity contribution is -0.161. The number of hydroxylamine groups is 1. The molecule has 5 heteroatoms. The van der Waals surface area contributed by atoms with E-state index in [0.29, 0.717) is 5.56 Å². The van der Waals surface area contributed by atoms with E-state index in [1.807, 2.05) is 6.92 Å². The highest BCUT2D eigenvalue weighted by Crippen LogP contribution is 2.25. The Morgan fingerprint density at radius 2 is 1.88 bits per heavy atom. The molecule has 0 spiro atoms. The fraction of sp³-hybridized carbons (Fsp3) is 0.333. The summed E-state index contributed by atoms with van der Waals surface area (Å²) < 4.78 is 37.3. The first kappa shape index (κ1) is 13.6. The number of aryl methyl sites for hydroxylation is 1. The number of rotatable bonds is 2. The van der Waals surface area contributed by atoms with Gasteiger partial charge in [0.2, 0.25) is 0 Å². The van der Waals surface area contributed by atoms with E-state index in [2.05, 4.69) is 11.8 Å². The second kappa shape index (κ2) is 5.71. The van der Waals surface area contributed by atoms with E-state index in [4.69, 9.17) is 5.21 Å². The van der Waals surface area contributed by atoms with Gasteiger partial charge in [-0.05, 0) is 19.1 Å². The molecule has 0 heterocycles. The number of nitrogens with one attached hydrogen (secondary N) is 1. The second-order valence-electron chi connectivity index (χ2n) is 3.59. The monoisotopic (exact) mass is 243 g/mol. The molecule has 17 heavy (non-hydrogen) atoms. The van der Waals surface area contributed by atoms with Gasteiger partial charge in [0.25, 0.3) is 0 Å². The van der Waals surface area contributed by atoms with Gasteiger partial charge in [-0.1, -0.05) is 29.5 Å². The predicted molar refractivity (Wildman–Crippen MR) is 57.4 cm³/mol. The van der Waals surface area contributed by atoms with Crippen molar-refractivity contribution in [3.8, 4) is 11.8 Å². The third-order valence-electron chi connectivity index (χ3n) is 2.13. The lowest BCUT2D eigenvalue weighted by Crippen LogP contribution is -2.31. The summed E-state index contributed by atoms with van der Waals surface area (Å²) in [6.45, 7) is 1.24. The topological polar surface area (TPSA) is 32.3 Å². The summed E-state index contributed by atoms with van der Waals surface area (Å²) in [5.41, 5.74) is 3.03. The van der Waals surface area contributed by atoms with Crippen molar-refractivity contribution >= 4 is 0 Å². The lowest BCUT2D eigenvalue weighted by atomic mass is 10.1. The Kier molecular flexibility index (Phi) is 4.55. The fourth-order valence-corrected chi connectivity index (χ4v) is 1.15. The first-order valence-electron chi connectivity index (χ1n) is 4.95. The average Bonchev–Trinajstić information content (AvgIpc) is 2.25. The van der Waals surface area contributed by atoms with Crippen LogP contribution in [-0.4, -0.2) is 17.9 Å². The second-order valence-corrected chi connectivity index (χ2v) is 3.59. The standard InChI is InChI=1S/C12H12F3NO/c1-9-2-4-10(5-3-9)6-7-11(8-16-17)12(13,14)15/h2-5,11,16-17H,8H2,1H3. The zero-order valence-corrected chi connectivity index (χ0v) is 9.17. The molecule has 1 aromatic carbocycles. The SMILES string of the molecule is Cc1ccc(C#CC(CNO)C(F)(F)F)cc1. The van der Waals surface area contributed by atoms with Gasteiger partial charge >= 0.3 is 6.18 Å². The van der Waals surface area contributed by atoms with Crippen LogP contribution in [0.3, 0.4) is 0 Å². The van der Waals surface area contributed by atoms with Crippen LogP contribution in [-0.2, 0) is 0 Å². The molecule has 0 aromatic heterocycles. The highest BCUT2D eigenvalue weighted by molar-refractivity contribution is 5.36. The van der Waals surface area contributed by atoms with Crippen molar-refractivity contribution < 1.29 is 18.4 Å². The first-order chi connectivity index (χ1) is 7.93. The molecule has 2 N–H and O–H groups in total. The largest absolute Gasteiger partial charge is 0.403 e. The molecular weight excluding hydrogens is 231 g/mol. The van der Waals surface area contributed by atoms with Gasteiger partial charge in [0.1, 0.15) is 5.92 Å². The summed E-state index contributed by atoms with van der Waals surface area (Å²) in [5.74, 6) is 2.66. The van der Waals surface area contributed by atoms with Crippen molar-refractivity contribution in [1.82, 2.24) is 5.48 Å². The van der Waals surface area contributed by atoms with Crippen LogP contribution in [0, 0.1) is 24.7 Å². The highest BCUT2D eigenvalue weighted by atomic mass is 19.4. The molecular formula is C12H12F3NO. The number of hydrogen-bond acceptors (Lipinski definition) is 2. The molecule has 0 aliphatic carbocycles. The van der Waals surface area contributed by atoms with Crippen LogP contribution in [0.2, 0.25) is 0 Å². The zero-order chi connectivity index (χ0) is 12.9. The summed E-state index contributed by atoms with van der Waals surface area (Å²) in [6, 6.07) is 6.86. The Bertz CT molecular complexity index is 414. The van der Waals surface area contributed by atoms with Gasteiger partial charge in [-0.25, -0.2) is 5.48 Å². The van der Waals surface area contributed by atoms with E-state index in [0.717, 1.165) is 5.56 Å². The van der Waals surface area contributed by atoms with E-state index < -0.39 is 18.6 Å². The smallest absolute Gasteiger partial charge is 0.317 e. The average molecular weight is 243 g/mol. The molecule has 1 atom stereocenters. The molecule has 0 aliphatic heterocycles. The van der Waals surface area contributed by atoms with Crippen molar-refractivity contribution in [2.45, 2.75) is 13.1 Å². The third-order valence-corrected chi connectivity index (χ3v) is 2.13. The Balaban J connectivity index is 2.84. The summed E-state index contributed by atoms with van der Waals surface area (Å²) in [4.78, 5) is 0. The first-order valence-corrected chi connectivity index (χ1v) is 4.95. The maximum atomic E-state index is 12.4. The molecule has 0 saturated carbocycles. The molecule has 0 radical (unpaired) electrons. The Morgan fingerprint density at radius 3 is 2.35 bits per heavy atom. The predicted octanol–water partition coefficient (Wildman–Crippen LogP) is 2.50. The van der Waals surface area contributed by atoms with Crippen LogP contribution >= 0.6 is 0 Å². The molecule has 1 rings (SSSR count). The molecule has 0 amide bonds. The molecule has 0 bridgehead atoms. The summed E-state index contributed by atoms with van der Waals surface area (Å²) in [5, 5.41) is 8.32. The number of benzene rings is 1. The molecule has 2 nitrogen and oxygen atoms in total. The van der Waals surface area contributed by atoms with E-state index in [1.54, 1.807) is 24.3 Å². The Hall–Kier alpha value is -1.51. The Morgan fingerprint density at radius 1 is 1.29 bits per heavy atom. The van der Waals surface area contributed by atoms with Crippen molar-refractivity contribution in [1.29, 1.82) is 0 Å². The van der Waals surface area contributed by atoms with Crippen LogP contribution in [0.4, 0.5) is 13.2 Å². The van der Waals surface area contributed by atoms with Crippen LogP contribution in [0.25, 0.3) is 0 Å². The minimum Gasteiger partial charge on any atom is -0.317 e. The molecule has 1 unspecified atom stereocenters. The quantitative estimate of drug-likeness (QED) is 0.618. The van der Waals surface area contributed by atoms with E-state index in [1.165, 1.54) is 5.48 Å². The molecule has 0 fully saturated rings. The fourth-order valence-electron chi connectivity index (χ4n) is 1.15. The van der Waals surface area contributed by atoms with Crippen LogP contribution in [0.5, 0.6) is 0 Å². The zero-order valence-electron chi connectivity index (χ0n) is 9.17. The van der Waals surface area contributed by atoms with Crippen LogP contribution < -0.4 is 5.48 Å². The van der Waals surface area contributed by atoms with Gasteiger partial charge < -0.3 is 5.21 Å².